The summed E-state index contributed by atoms with van der Waals surface area (Å²) in [6.07, 6.45) is 0.954. The van der Waals surface area contributed by atoms with Gasteiger partial charge in [0.15, 0.2) is 11.6 Å². The zero-order valence-corrected chi connectivity index (χ0v) is 9.83. The molecule has 1 aromatic rings. The molecule has 1 aromatic carbocycles. The highest BCUT2D eigenvalue weighted by atomic mass is 19.2. The van der Waals surface area contributed by atoms with E-state index in [2.05, 4.69) is 5.32 Å². The average molecular weight is 255 g/mol. The first-order valence-electron chi connectivity index (χ1n) is 5.94. The zero-order valence-electron chi connectivity index (χ0n) is 9.83. The summed E-state index contributed by atoms with van der Waals surface area (Å²) in [5.41, 5.74) is 0.0566. The van der Waals surface area contributed by atoms with Crippen LogP contribution in [0.1, 0.15) is 18.4 Å². The number of carbonyl (C=O) groups is 1. The molecule has 0 unspecified atom stereocenters. The van der Waals surface area contributed by atoms with E-state index in [1.54, 1.807) is 0 Å². The number of rotatable bonds is 4. The number of halogens is 2. The Morgan fingerprint density at radius 1 is 1.39 bits per heavy atom. The van der Waals surface area contributed by atoms with Crippen LogP contribution in [0.4, 0.5) is 8.78 Å². The van der Waals surface area contributed by atoms with Gasteiger partial charge in [-0.05, 0) is 24.8 Å². The van der Waals surface area contributed by atoms with Crippen LogP contribution in [-0.4, -0.2) is 23.7 Å². The Morgan fingerprint density at radius 2 is 2.11 bits per heavy atom. The predicted octanol–water partition coefficient (Wildman–Crippen LogP) is 1.39. The van der Waals surface area contributed by atoms with E-state index in [-0.39, 0.29) is 24.0 Å². The fourth-order valence-corrected chi connectivity index (χ4v) is 2.05. The SMILES string of the molecule is O=C(Cc1cccc(F)c1F)NCC1CC(O)C1. The lowest BCUT2D eigenvalue weighted by Gasteiger charge is -2.31. The number of carbonyl (C=O) groups excluding carboxylic acids is 1. The Hall–Kier alpha value is -1.49. The maximum Gasteiger partial charge on any atom is 0.224 e. The molecule has 0 heterocycles. The summed E-state index contributed by atoms with van der Waals surface area (Å²) >= 11 is 0. The molecule has 2 rings (SSSR count). The number of amides is 1. The molecule has 98 valence electrons. The fraction of sp³-hybridized carbons (Fsp3) is 0.462. The van der Waals surface area contributed by atoms with Crippen LogP contribution < -0.4 is 5.32 Å². The highest BCUT2D eigenvalue weighted by Crippen LogP contribution is 2.26. The molecule has 18 heavy (non-hydrogen) atoms. The minimum Gasteiger partial charge on any atom is -0.393 e. The standard InChI is InChI=1S/C13H15F2NO2/c14-11-3-1-2-9(13(11)15)6-12(18)16-7-8-4-10(17)5-8/h1-3,8,10,17H,4-7H2,(H,16,18). The number of aliphatic hydroxyl groups is 1. The molecule has 1 aliphatic carbocycles. The Morgan fingerprint density at radius 3 is 2.78 bits per heavy atom. The Kier molecular flexibility index (Phi) is 3.91. The van der Waals surface area contributed by atoms with Gasteiger partial charge in [-0.1, -0.05) is 12.1 Å². The van der Waals surface area contributed by atoms with Crippen LogP contribution in [0.5, 0.6) is 0 Å². The van der Waals surface area contributed by atoms with Gasteiger partial charge in [-0.25, -0.2) is 8.78 Å². The molecule has 1 amide bonds. The summed E-state index contributed by atoms with van der Waals surface area (Å²) in [5.74, 6) is -1.95. The lowest BCUT2D eigenvalue weighted by Crippen LogP contribution is -2.39. The van der Waals surface area contributed by atoms with E-state index in [0.29, 0.717) is 25.3 Å². The van der Waals surface area contributed by atoms with Crippen molar-refractivity contribution < 1.29 is 18.7 Å². The third-order valence-electron chi connectivity index (χ3n) is 3.18. The number of hydrogen-bond acceptors (Lipinski definition) is 2. The van der Waals surface area contributed by atoms with E-state index in [1.165, 1.54) is 12.1 Å². The van der Waals surface area contributed by atoms with E-state index >= 15 is 0 Å². The van der Waals surface area contributed by atoms with E-state index in [4.69, 9.17) is 5.11 Å². The van der Waals surface area contributed by atoms with Crippen molar-refractivity contribution in [3.63, 3.8) is 0 Å². The van der Waals surface area contributed by atoms with Crippen LogP contribution in [0.15, 0.2) is 18.2 Å². The minimum absolute atomic E-state index is 0.0566. The van der Waals surface area contributed by atoms with Gasteiger partial charge < -0.3 is 10.4 Å². The van der Waals surface area contributed by atoms with Gasteiger partial charge >= 0.3 is 0 Å². The summed E-state index contributed by atoms with van der Waals surface area (Å²) in [6, 6.07) is 3.79. The van der Waals surface area contributed by atoms with Crippen molar-refractivity contribution >= 4 is 5.91 Å². The Bertz CT molecular complexity index is 445. The number of aliphatic hydroxyl groups excluding tert-OH is 1. The number of nitrogens with one attached hydrogen (secondary N) is 1. The molecule has 3 nitrogen and oxygen atoms in total. The molecule has 0 aliphatic heterocycles. The van der Waals surface area contributed by atoms with Crippen molar-refractivity contribution in [3.05, 3.63) is 35.4 Å². The van der Waals surface area contributed by atoms with Gasteiger partial charge in [-0.3, -0.25) is 4.79 Å². The van der Waals surface area contributed by atoms with Crippen molar-refractivity contribution in [2.45, 2.75) is 25.4 Å². The molecule has 0 radical (unpaired) electrons. The second-order valence-electron chi connectivity index (χ2n) is 4.69. The first-order chi connectivity index (χ1) is 8.56. The normalized spacial score (nSPS) is 22.4. The maximum atomic E-state index is 13.3. The first-order valence-corrected chi connectivity index (χ1v) is 5.94. The first kappa shape index (κ1) is 13.0. The molecule has 1 saturated carbocycles. The predicted molar refractivity (Wildman–Crippen MR) is 61.8 cm³/mol. The molecule has 1 fully saturated rings. The molecule has 1 aliphatic rings. The Labute approximate surface area is 104 Å². The van der Waals surface area contributed by atoms with Crippen molar-refractivity contribution in [2.24, 2.45) is 5.92 Å². The Balaban J connectivity index is 1.82. The van der Waals surface area contributed by atoms with Crippen molar-refractivity contribution in [3.8, 4) is 0 Å². The maximum absolute atomic E-state index is 13.3. The van der Waals surface area contributed by atoms with E-state index < -0.39 is 11.6 Å². The minimum atomic E-state index is -0.966. The number of hydrogen-bond donors (Lipinski definition) is 2. The van der Waals surface area contributed by atoms with Crippen molar-refractivity contribution in [2.75, 3.05) is 6.54 Å². The molecule has 0 spiro atoms. The van der Waals surface area contributed by atoms with Crippen LogP contribution in [0.2, 0.25) is 0 Å². The molecule has 2 N–H and O–H groups in total. The summed E-state index contributed by atoms with van der Waals surface area (Å²) in [4.78, 5) is 11.5. The van der Waals surface area contributed by atoms with Crippen LogP contribution in [0.25, 0.3) is 0 Å². The fourth-order valence-electron chi connectivity index (χ4n) is 2.05. The van der Waals surface area contributed by atoms with Crippen LogP contribution in [-0.2, 0) is 11.2 Å². The molecule has 0 saturated heterocycles. The van der Waals surface area contributed by atoms with Crippen LogP contribution in [0.3, 0.4) is 0 Å². The number of benzene rings is 1. The highest BCUT2D eigenvalue weighted by molar-refractivity contribution is 5.78. The zero-order chi connectivity index (χ0) is 13.1. The van der Waals surface area contributed by atoms with E-state index in [0.717, 1.165) is 6.07 Å². The highest BCUT2D eigenvalue weighted by Gasteiger charge is 2.27. The second kappa shape index (κ2) is 5.44. The van der Waals surface area contributed by atoms with Gasteiger partial charge in [0.25, 0.3) is 0 Å². The van der Waals surface area contributed by atoms with Crippen LogP contribution in [0, 0.1) is 17.6 Å². The summed E-state index contributed by atoms with van der Waals surface area (Å²) < 4.78 is 26.2. The van der Waals surface area contributed by atoms with Crippen molar-refractivity contribution in [1.82, 2.24) is 5.32 Å². The van der Waals surface area contributed by atoms with Gasteiger partial charge in [-0.2, -0.15) is 0 Å². The third-order valence-corrected chi connectivity index (χ3v) is 3.18. The van der Waals surface area contributed by atoms with Gasteiger partial charge in [0.1, 0.15) is 0 Å². The largest absolute Gasteiger partial charge is 0.393 e. The van der Waals surface area contributed by atoms with Crippen LogP contribution >= 0.6 is 0 Å². The quantitative estimate of drug-likeness (QED) is 0.854. The topological polar surface area (TPSA) is 49.3 Å². The summed E-state index contributed by atoms with van der Waals surface area (Å²) in [6.45, 7) is 0.479. The molecular weight excluding hydrogens is 240 g/mol. The summed E-state index contributed by atoms with van der Waals surface area (Å²) in [7, 11) is 0. The second-order valence-corrected chi connectivity index (χ2v) is 4.69. The van der Waals surface area contributed by atoms with E-state index in [9.17, 15) is 13.6 Å². The smallest absolute Gasteiger partial charge is 0.224 e. The average Bonchev–Trinajstić information content (AvgIpc) is 2.29. The van der Waals surface area contributed by atoms with Gasteiger partial charge in [0.2, 0.25) is 5.91 Å². The summed E-state index contributed by atoms with van der Waals surface area (Å²) in [5, 5.41) is 11.7. The van der Waals surface area contributed by atoms with Gasteiger partial charge in [-0.15, -0.1) is 0 Å². The lowest BCUT2D eigenvalue weighted by molar-refractivity contribution is -0.121. The molecule has 0 aromatic heterocycles. The lowest BCUT2D eigenvalue weighted by atomic mass is 9.82. The van der Waals surface area contributed by atoms with Gasteiger partial charge in [0, 0.05) is 12.1 Å². The molecule has 0 bridgehead atoms. The molecule has 5 heteroatoms. The van der Waals surface area contributed by atoms with E-state index in [1.807, 2.05) is 0 Å². The monoisotopic (exact) mass is 255 g/mol. The van der Waals surface area contributed by atoms with Crippen molar-refractivity contribution in [1.29, 1.82) is 0 Å². The van der Waals surface area contributed by atoms with Gasteiger partial charge in [0.05, 0.1) is 12.5 Å². The molecular formula is C13H15F2NO2. The third kappa shape index (κ3) is 3.04. The molecule has 0 atom stereocenters.